The summed E-state index contributed by atoms with van der Waals surface area (Å²) in [6, 6.07) is 23.0. The number of nitrogens with two attached hydrogens (primary N) is 1. The zero-order valence-corrected chi connectivity index (χ0v) is 21.0. The predicted octanol–water partition coefficient (Wildman–Crippen LogP) is 4.94. The molecule has 2 saturated heterocycles. The third-order valence-electron chi connectivity index (χ3n) is 7.32. The Bertz CT molecular complexity index is 1150. The molecule has 0 radical (unpaired) electrons. The summed E-state index contributed by atoms with van der Waals surface area (Å²) >= 11 is 6.03. The fourth-order valence-corrected chi connectivity index (χ4v) is 5.31. The lowest BCUT2D eigenvalue weighted by molar-refractivity contribution is -0.253. The van der Waals surface area contributed by atoms with E-state index in [0.29, 0.717) is 23.6 Å². The van der Waals surface area contributed by atoms with Crippen molar-refractivity contribution in [3.8, 4) is 0 Å². The Hall–Kier alpha value is -2.45. The Labute approximate surface area is 217 Å². The molecule has 2 aliphatic rings. The van der Waals surface area contributed by atoms with Crippen LogP contribution in [0.3, 0.4) is 0 Å². The number of hydrogen-bond acceptors (Lipinski definition) is 6. The van der Waals surface area contributed by atoms with E-state index < -0.39 is 11.9 Å². The van der Waals surface area contributed by atoms with Crippen LogP contribution in [0.4, 0.5) is 5.69 Å². The van der Waals surface area contributed by atoms with Crippen LogP contribution in [0, 0.1) is 0 Å². The van der Waals surface area contributed by atoms with Crippen molar-refractivity contribution in [2.75, 3.05) is 25.4 Å². The van der Waals surface area contributed by atoms with Gasteiger partial charge in [-0.15, -0.1) is 0 Å². The Morgan fingerprint density at radius 2 is 1.67 bits per heavy atom. The third kappa shape index (κ3) is 5.75. The lowest BCUT2D eigenvalue weighted by atomic mass is 9.84. The minimum atomic E-state index is -0.835. The molecular weight excluding hydrogens is 476 g/mol. The van der Waals surface area contributed by atoms with E-state index in [1.54, 1.807) is 0 Å². The maximum Gasteiger partial charge on any atom is 0.185 e. The average molecular weight is 509 g/mol. The highest BCUT2D eigenvalue weighted by Crippen LogP contribution is 2.39. The molecule has 0 spiro atoms. The molecule has 6 nitrogen and oxygen atoms in total. The molecule has 0 unspecified atom stereocenters. The topological polar surface area (TPSA) is 88.2 Å². The van der Waals surface area contributed by atoms with Gasteiger partial charge in [0.25, 0.3) is 0 Å². The number of ether oxygens (including phenoxy) is 2. The maximum absolute atomic E-state index is 11.3. The van der Waals surface area contributed by atoms with Gasteiger partial charge >= 0.3 is 0 Å². The highest BCUT2D eigenvalue weighted by atomic mass is 35.5. The Morgan fingerprint density at radius 1 is 0.944 bits per heavy atom. The minimum absolute atomic E-state index is 0.0147. The van der Waals surface area contributed by atoms with Crippen molar-refractivity contribution in [3.05, 3.63) is 100 Å². The van der Waals surface area contributed by atoms with Crippen molar-refractivity contribution in [2.45, 2.75) is 50.0 Å². The zero-order chi connectivity index (χ0) is 25.1. The van der Waals surface area contributed by atoms with Gasteiger partial charge < -0.3 is 30.3 Å². The first-order chi connectivity index (χ1) is 17.4. The van der Waals surface area contributed by atoms with Crippen molar-refractivity contribution in [1.82, 2.24) is 4.90 Å². The van der Waals surface area contributed by atoms with E-state index in [1.165, 1.54) is 0 Å². The van der Waals surface area contributed by atoms with Gasteiger partial charge in [0.15, 0.2) is 6.29 Å². The van der Waals surface area contributed by atoms with Gasteiger partial charge in [-0.25, -0.2) is 0 Å². The second-order valence-corrected chi connectivity index (χ2v) is 10.3. The number of aliphatic hydroxyl groups excluding tert-OH is 1. The standard InChI is InChI=1S/C29H33ClN2O4/c30-24-10-8-23(9-11-24)29(34)12-14-32(15-13-29)18-26-17-27(21-6-4-20(19-33)5-7-21)36-28(35-26)22-2-1-3-25(31)16-22/h1-11,16,26-28,33-34H,12-15,17-19,31H2/t26-,27+,28+/m0/s1. The molecule has 3 atom stereocenters. The molecule has 0 bridgehead atoms. The summed E-state index contributed by atoms with van der Waals surface area (Å²) in [5.74, 6) is 0. The average Bonchev–Trinajstić information content (AvgIpc) is 2.90. The number of aliphatic hydroxyl groups is 2. The molecule has 190 valence electrons. The molecular formula is C29H33ClN2O4. The smallest absolute Gasteiger partial charge is 0.185 e. The van der Waals surface area contributed by atoms with Crippen molar-refractivity contribution < 1.29 is 19.7 Å². The lowest BCUT2D eigenvalue weighted by Crippen LogP contribution is -2.46. The van der Waals surface area contributed by atoms with Crippen LogP contribution >= 0.6 is 11.6 Å². The first kappa shape index (κ1) is 25.2. The number of likely N-dealkylation sites (tertiary alicyclic amines) is 1. The van der Waals surface area contributed by atoms with Gasteiger partial charge in [0.1, 0.15) is 0 Å². The molecule has 0 aliphatic carbocycles. The summed E-state index contributed by atoms with van der Waals surface area (Å²) < 4.78 is 12.8. The molecule has 7 heteroatoms. The lowest BCUT2D eigenvalue weighted by Gasteiger charge is -2.42. The molecule has 0 saturated carbocycles. The molecule has 3 aromatic rings. The summed E-state index contributed by atoms with van der Waals surface area (Å²) in [7, 11) is 0. The Balaban J connectivity index is 1.29. The molecule has 0 aromatic heterocycles. The molecule has 5 rings (SSSR count). The van der Waals surface area contributed by atoms with Crippen LogP contribution in [0.2, 0.25) is 5.02 Å². The van der Waals surface area contributed by atoms with Crippen LogP contribution in [0.15, 0.2) is 72.8 Å². The van der Waals surface area contributed by atoms with Gasteiger partial charge in [-0.05, 0) is 53.8 Å². The first-order valence-electron chi connectivity index (χ1n) is 12.5. The molecule has 2 fully saturated rings. The highest BCUT2D eigenvalue weighted by Gasteiger charge is 2.37. The van der Waals surface area contributed by atoms with Gasteiger partial charge in [0.2, 0.25) is 0 Å². The number of nitrogens with zero attached hydrogens (tertiary/aromatic N) is 1. The number of benzene rings is 3. The van der Waals surface area contributed by atoms with Gasteiger partial charge in [0, 0.05) is 42.3 Å². The molecule has 36 heavy (non-hydrogen) atoms. The van der Waals surface area contributed by atoms with Crippen LogP contribution in [0.25, 0.3) is 0 Å². The third-order valence-corrected chi connectivity index (χ3v) is 7.58. The zero-order valence-electron chi connectivity index (χ0n) is 20.2. The van der Waals surface area contributed by atoms with Crippen molar-refractivity contribution in [2.24, 2.45) is 0 Å². The van der Waals surface area contributed by atoms with E-state index >= 15 is 0 Å². The number of piperidine rings is 1. The predicted molar refractivity (Wildman–Crippen MR) is 140 cm³/mol. The van der Waals surface area contributed by atoms with Crippen LogP contribution < -0.4 is 5.73 Å². The van der Waals surface area contributed by atoms with E-state index in [2.05, 4.69) is 4.90 Å². The second kappa shape index (κ2) is 10.9. The Kier molecular flexibility index (Phi) is 7.62. The van der Waals surface area contributed by atoms with E-state index in [4.69, 9.17) is 26.8 Å². The molecule has 2 aliphatic heterocycles. The minimum Gasteiger partial charge on any atom is -0.399 e. The molecule has 0 amide bonds. The van der Waals surface area contributed by atoms with Crippen LogP contribution in [0.1, 0.15) is 53.9 Å². The van der Waals surface area contributed by atoms with E-state index in [9.17, 15) is 10.2 Å². The number of anilines is 1. The van der Waals surface area contributed by atoms with E-state index in [0.717, 1.165) is 48.3 Å². The number of halogens is 1. The summed E-state index contributed by atoms with van der Waals surface area (Å²) in [5, 5.41) is 21.3. The largest absolute Gasteiger partial charge is 0.399 e. The summed E-state index contributed by atoms with van der Waals surface area (Å²) in [6.45, 7) is 2.32. The molecule has 2 heterocycles. The van der Waals surface area contributed by atoms with Crippen molar-refractivity contribution in [1.29, 1.82) is 0 Å². The number of rotatable bonds is 6. The van der Waals surface area contributed by atoms with E-state index in [-0.39, 0.29) is 18.8 Å². The van der Waals surface area contributed by atoms with Gasteiger partial charge in [-0.1, -0.05) is 60.1 Å². The van der Waals surface area contributed by atoms with Crippen LogP contribution in [-0.4, -0.2) is 40.9 Å². The van der Waals surface area contributed by atoms with Crippen LogP contribution in [-0.2, 0) is 21.7 Å². The van der Waals surface area contributed by atoms with Gasteiger partial charge in [-0.2, -0.15) is 0 Å². The fraction of sp³-hybridized carbons (Fsp3) is 0.379. The monoisotopic (exact) mass is 508 g/mol. The SMILES string of the molecule is Nc1cccc([C@@H]2O[C@H](CN3CCC(O)(c4ccc(Cl)cc4)CC3)C[C@H](c3ccc(CO)cc3)O2)c1. The second-order valence-electron chi connectivity index (χ2n) is 9.86. The summed E-state index contributed by atoms with van der Waals surface area (Å²) in [6.07, 6.45) is 1.32. The summed E-state index contributed by atoms with van der Waals surface area (Å²) in [5.41, 5.74) is 9.62. The molecule has 3 aromatic carbocycles. The Morgan fingerprint density at radius 3 is 2.33 bits per heavy atom. The highest BCUT2D eigenvalue weighted by molar-refractivity contribution is 6.30. The van der Waals surface area contributed by atoms with Crippen LogP contribution in [0.5, 0.6) is 0 Å². The quantitative estimate of drug-likeness (QED) is 0.409. The number of hydrogen-bond donors (Lipinski definition) is 3. The van der Waals surface area contributed by atoms with Crippen molar-refractivity contribution in [3.63, 3.8) is 0 Å². The van der Waals surface area contributed by atoms with E-state index in [1.807, 2.05) is 72.8 Å². The van der Waals surface area contributed by atoms with Crippen molar-refractivity contribution >= 4 is 17.3 Å². The fourth-order valence-electron chi connectivity index (χ4n) is 5.18. The summed E-state index contributed by atoms with van der Waals surface area (Å²) in [4.78, 5) is 2.36. The maximum atomic E-state index is 11.3. The van der Waals surface area contributed by atoms with Gasteiger partial charge in [0.05, 0.1) is 24.4 Å². The first-order valence-corrected chi connectivity index (χ1v) is 12.9. The molecule has 4 N–H and O–H groups in total. The van der Waals surface area contributed by atoms with Gasteiger partial charge in [-0.3, -0.25) is 0 Å². The normalized spacial score (nSPS) is 24.5. The number of nitrogen functional groups attached to an aromatic ring is 1.